The Labute approximate surface area is 196 Å². The van der Waals surface area contributed by atoms with Crippen LogP contribution in [0.25, 0.3) is 5.57 Å². The van der Waals surface area contributed by atoms with Crippen molar-refractivity contribution in [2.45, 2.75) is 74.0 Å². The highest BCUT2D eigenvalue weighted by atomic mass is 16.3. The Kier molecular flexibility index (Phi) is 13.0. The molecule has 0 radical (unpaired) electrons. The van der Waals surface area contributed by atoms with E-state index in [1.54, 1.807) is 25.1 Å². The van der Waals surface area contributed by atoms with Gasteiger partial charge in [-0.15, -0.1) is 0 Å². The highest BCUT2D eigenvalue weighted by Crippen LogP contribution is 2.29. The van der Waals surface area contributed by atoms with Crippen LogP contribution in [0.15, 0.2) is 83.9 Å². The smallest absolute Gasteiger partial charge is 0.128 e. The van der Waals surface area contributed by atoms with Gasteiger partial charge in [-0.25, -0.2) is 5.01 Å². The molecule has 0 aliphatic carbocycles. The lowest BCUT2D eigenvalue weighted by Gasteiger charge is -2.35. The van der Waals surface area contributed by atoms with E-state index >= 15 is 0 Å². The Morgan fingerprint density at radius 1 is 1.09 bits per heavy atom. The van der Waals surface area contributed by atoms with Crippen molar-refractivity contribution >= 4 is 11.8 Å². The molecule has 0 fully saturated rings. The second-order valence-electron chi connectivity index (χ2n) is 7.89. The number of hydrogen-bond donors (Lipinski definition) is 2. The van der Waals surface area contributed by atoms with Crippen LogP contribution in [0.4, 0.5) is 0 Å². The number of nitrogens with one attached hydrogen (secondary N) is 1. The van der Waals surface area contributed by atoms with Crippen LogP contribution in [-0.2, 0) is 0 Å². The summed E-state index contributed by atoms with van der Waals surface area (Å²) in [6, 6.07) is 7.87. The fraction of sp³-hybridized carbons (Fsp3) is 0.393. The molecule has 0 spiro atoms. The molecule has 1 aromatic carbocycles. The zero-order valence-corrected chi connectivity index (χ0v) is 21.5. The molecule has 1 aromatic rings. The summed E-state index contributed by atoms with van der Waals surface area (Å²) in [4.78, 5) is 0. The maximum atomic E-state index is 11.0. The second-order valence-corrected chi connectivity index (χ2v) is 7.89. The summed E-state index contributed by atoms with van der Waals surface area (Å²) < 4.78 is 0. The number of nitrogens with zero attached hydrogens (tertiary/aromatic N) is 2. The fourth-order valence-corrected chi connectivity index (χ4v) is 3.10. The Balaban J connectivity index is 0.00000466. The molecule has 1 unspecified atom stereocenters. The molecule has 1 atom stereocenters. The minimum Gasteiger partial charge on any atom is -0.388 e. The molecule has 0 amide bonds. The second kappa shape index (κ2) is 14.3. The summed E-state index contributed by atoms with van der Waals surface area (Å²) >= 11 is 0. The molecular weight excluding hydrogens is 394 g/mol. The number of rotatable bonds is 10. The summed E-state index contributed by atoms with van der Waals surface area (Å²) in [5, 5.41) is 20.6. The first kappa shape index (κ1) is 29.1. The molecule has 2 N–H and O–H groups in total. The summed E-state index contributed by atoms with van der Waals surface area (Å²) in [5.74, 6) is 0.701. The first-order valence-corrected chi connectivity index (χ1v) is 11.2. The van der Waals surface area contributed by atoms with E-state index in [1.807, 2.05) is 72.8 Å². The standard InChI is InChI=1S/C26H37N3O.C2H6/c1-10-13-21(11-2)22-14-16-23(17-15-22)25(26(8,9)30)28-24(18-19(4)5)29(20(6)7)27-12-3;1-2/h10-18,25,28,30H,4,6H2,1-3,5,7-9H3;1-2H3/b13-10-,21-11+,24-18-,27-12-;. The van der Waals surface area contributed by atoms with Crippen molar-refractivity contribution in [2.24, 2.45) is 5.10 Å². The topological polar surface area (TPSA) is 47.9 Å². The predicted molar refractivity (Wildman–Crippen MR) is 142 cm³/mol. The molecule has 0 saturated heterocycles. The van der Waals surface area contributed by atoms with Gasteiger partial charge in [-0.05, 0) is 71.2 Å². The average molecular weight is 438 g/mol. The summed E-state index contributed by atoms with van der Waals surface area (Å²) in [6.07, 6.45) is 9.80. The van der Waals surface area contributed by atoms with E-state index in [1.165, 1.54) is 0 Å². The van der Waals surface area contributed by atoms with Crippen LogP contribution in [0.1, 0.15) is 79.5 Å². The van der Waals surface area contributed by atoms with Gasteiger partial charge >= 0.3 is 0 Å². The summed E-state index contributed by atoms with van der Waals surface area (Å²) in [7, 11) is 0. The van der Waals surface area contributed by atoms with Gasteiger partial charge in [-0.2, -0.15) is 5.10 Å². The Morgan fingerprint density at radius 2 is 1.66 bits per heavy atom. The number of hydrogen-bond acceptors (Lipinski definition) is 4. The lowest BCUT2D eigenvalue weighted by atomic mass is 9.90. The van der Waals surface area contributed by atoms with Crippen molar-refractivity contribution < 1.29 is 5.11 Å². The molecule has 0 saturated carbocycles. The Hall–Kier alpha value is -2.85. The van der Waals surface area contributed by atoms with Crippen LogP contribution < -0.4 is 5.32 Å². The summed E-state index contributed by atoms with van der Waals surface area (Å²) in [6.45, 7) is 25.3. The van der Waals surface area contributed by atoms with Crippen LogP contribution in [0.5, 0.6) is 0 Å². The van der Waals surface area contributed by atoms with Gasteiger partial charge in [-0.1, -0.05) is 75.1 Å². The molecule has 0 aliphatic heterocycles. The molecule has 4 nitrogen and oxygen atoms in total. The normalized spacial score (nSPS) is 13.6. The van der Waals surface area contributed by atoms with Gasteiger partial charge in [0.15, 0.2) is 0 Å². The number of benzene rings is 1. The highest BCUT2D eigenvalue weighted by Gasteiger charge is 2.30. The highest BCUT2D eigenvalue weighted by molar-refractivity contribution is 5.73. The average Bonchev–Trinajstić information content (AvgIpc) is 2.73. The van der Waals surface area contributed by atoms with Crippen molar-refractivity contribution in [1.82, 2.24) is 10.3 Å². The van der Waals surface area contributed by atoms with Gasteiger partial charge in [0.25, 0.3) is 0 Å². The molecule has 176 valence electrons. The molecule has 0 aromatic heterocycles. The van der Waals surface area contributed by atoms with Crippen LogP contribution >= 0.6 is 0 Å². The molecule has 0 aliphatic rings. The Morgan fingerprint density at radius 3 is 2.03 bits per heavy atom. The third-order valence-corrected chi connectivity index (χ3v) is 4.44. The maximum Gasteiger partial charge on any atom is 0.128 e. The lowest BCUT2D eigenvalue weighted by Crippen LogP contribution is -2.41. The predicted octanol–water partition coefficient (Wildman–Crippen LogP) is 7.35. The Bertz CT molecular complexity index is 850. The maximum absolute atomic E-state index is 11.0. The molecular formula is C28H43N3O. The van der Waals surface area contributed by atoms with Crippen LogP contribution in [0, 0.1) is 0 Å². The molecule has 4 heteroatoms. The van der Waals surface area contributed by atoms with Crippen LogP contribution in [0.3, 0.4) is 0 Å². The quantitative estimate of drug-likeness (QED) is 0.228. The van der Waals surface area contributed by atoms with Gasteiger partial charge in [0, 0.05) is 11.9 Å². The van der Waals surface area contributed by atoms with E-state index in [0.29, 0.717) is 5.82 Å². The van der Waals surface area contributed by atoms with Crippen molar-refractivity contribution in [2.75, 3.05) is 0 Å². The third-order valence-electron chi connectivity index (χ3n) is 4.44. The van der Waals surface area contributed by atoms with E-state index in [-0.39, 0.29) is 6.04 Å². The minimum absolute atomic E-state index is 0.373. The van der Waals surface area contributed by atoms with E-state index in [9.17, 15) is 5.11 Å². The molecule has 32 heavy (non-hydrogen) atoms. The number of hydrazone groups is 1. The van der Waals surface area contributed by atoms with Crippen LogP contribution in [-0.4, -0.2) is 21.9 Å². The first-order chi connectivity index (χ1) is 15.0. The zero-order chi connectivity index (χ0) is 24.9. The monoisotopic (exact) mass is 437 g/mol. The van der Waals surface area contributed by atoms with Gasteiger partial charge in [0.1, 0.15) is 5.82 Å². The van der Waals surface area contributed by atoms with Crippen LogP contribution in [0.2, 0.25) is 0 Å². The molecule has 1 rings (SSSR count). The van der Waals surface area contributed by atoms with Gasteiger partial charge in [0.2, 0.25) is 0 Å². The number of allylic oxidation sites excluding steroid dienone is 7. The van der Waals surface area contributed by atoms with Crippen molar-refractivity contribution in [1.29, 1.82) is 0 Å². The van der Waals surface area contributed by atoms with Crippen molar-refractivity contribution in [3.63, 3.8) is 0 Å². The van der Waals surface area contributed by atoms with Crippen molar-refractivity contribution in [3.8, 4) is 0 Å². The zero-order valence-electron chi connectivity index (χ0n) is 21.5. The van der Waals surface area contributed by atoms with Gasteiger partial charge in [-0.3, -0.25) is 0 Å². The first-order valence-electron chi connectivity index (χ1n) is 11.2. The fourth-order valence-electron chi connectivity index (χ4n) is 3.10. The third kappa shape index (κ3) is 9.11. The lowest BCUT2D eigenvalue weighted by molar-refractivity contribution is 0.0379. The van der Waals surface area contributed by atoms with E-state index in [2.05, 4.69) is 47.9 Å². The van der Waals surface area contributed by atoms with Gasteiger partial charge < -0.3 is 10.4 Å². The SMILES string of the molecule is C=C(C)/C=C(/NC(c1ccc(C(/C=C\C)=C/C)cc1)C(C)(C)O)N(/N=C\C)C(=C)C.CC. The molecule has 0 heterocycles. The van der Waals surface area contributed by atoms with Gasteiger partial charge in [0.05, 0.1) is 11.6 Å². The van der Waals surface area contributed by atoms with E-state index < -0.39 is 5.60 Å². The summed E-state index contributed by atoms with van der Waals surface area (Å²) in [5.41, 5.74) is 3.85. The minimum atomic E-state index is -1.03. The van der Waals surface area contributed by atoms with E-state index in [4.69, 9.17) is 0 Å². The van der Waals surface area contributed by atoms with E-state index in [0.717, 1.165) is 28.0 Å². The van der Waals surface area contributed by atoms with Crippen molar-refractivity contribution in [3.05, 3.63) is 89.9 Å². The molecule has 0 bridgehead atoms. The largest absolute Gasteiger partial charge is 0.388 e. The number of aliphatic hydroxyl groups is 1.